The molecule has 0 unspecified atom stereocenters. The molecule has 8 rings (SSSR count). The first-order valence-corrected chi connectivity index (χ1v) is 19.8. The van der Waals surface area contributed by atoms with Crippen molar-refractivity contribution in [2.24, 2.45) is 0 Å². The van der Waals surface area contributed by atoms with Crippen molar-refractivity contribution in [2.75, 3.05) is 50.9 Å². The van der Waals surface area contributed by atoms with Crippen LogP contribution in [0.1, 0.15) is 71.1 Å². The van der Waals surface area contributed by atoms with E-state index in [1.807, 2.05) is 99.0 Å². The van der Waals surface area contributed by atoms with Gasteiger partial charge < -0.3 is 20.4 Å². The highest BCUT2D eigenvalue weighted by molar-refractivity contribution is 5.99. The molecule has 10 heteroatoms. The van der Waals surface area contributed by atoms with Crippen LogP contribution in [0.4, 0.5) is 11.4 Å². The molecule has 2 fully saturated rings. The van der Waals surface area contributed by atoms with Crippen molar-refractivity contribution >= 4 is 35.0 Å². The minimum Gasteiger partial charge on any atom is -0.329 e. The average molecular weight is 749 g/mol. The molecule has 0 saturated carbocycles. The zero-order valence-electron chi connectivity index (χ0n) is 32.0. The average Bonchev–Trinajstić information content (AvgIpc) is 3.92. The van der Waals surface area contributed by atoms with E-state index < -0.39 is 12.1 Å². The number of likely N-dealkylation sites (tertiary alicyclic amines) is 2. The van der Waals surface area contributed by atoms with E-state index >= 15 is 0 Å². The van der Waals surface area contributed by atoms with Gasteiger partial charge in [-0.3, -0.25) is 29.0 Å². The van der Waals surface area contributed by atoms with Crippen LogP contribution >= 0.6 is 0 Å². The van der Waals surface area contributed by atoms with E-state index in [9.17, 15) is 19.2 Å². The normalized spacial score (nSPS) is 22.0. The van der Waals surface area contributed by atoms with E-state index in [0.29, 0.717) is 37.3 Å². The first kappa shape index (κ1) is 37.2. The predicted octanol–water partition coefficient (Wildman–Crippen LogP) is 5.40. The molecule has 0 spiro atoms. The first-order chi connectivity index (χ1) is 27.2. The second kappa shape index (κ2) is 16.1. The molecule has 0 aromatic heterocycles. The summed E-state index contributed by atoms with van der Waals surface area (Å²) in [6.07, 6.45) is 4.66. The number of benzene rings is 4. The molecule has 4 aliphatic heterocycles. The Labute approximate surface area is 328 Å². The third kappa shape index (κ3) is 7.57. The Kier molecular flexibility index (Phi) is 10.7. The van der Waals surface area contributed by atoms with Crippen LogP contribution in [-0.4, -0.2) is 95.6 Å². The van der Waals surface area contributed by atoms with Gasteiger partial charge in [0.05, 0.1) is 0 Å². The van der Waals surface area contributed by atoms with Crippen LogP contribution in [0, 0.1) is 11.8 Å². The van der Waals surface area contributed by atoms with Gasteiger partial charge in [0.2, 0.25) is 23.6 Å². The number of anilines is 2. The SMILES string of the molecule is CN1CCc2ccccc2[C@@H]1C(=O)N1CCC[C@H]1C(=O)Nc1ccc(C#Cc2ccc(NC(=O)[C@@H]3CCCN3C(=O)[C@H]3c4ccccc4CCN3C)cc2)cc1. The van der Waals surface area contributed by atoms with Crippen LogP contribution in [0.5, 0.6) is 0 Å². The summed E-state index contributed by atoms with van der Waals surface area (Å²) in [4.78, 5) is 62.4. The van der Waals surface area contributed by atoms with Gasteiger partial charge in [-0.05, 0) is 123 Å². The number of nitrogens with one attached hydrogen (secondary N) is 2. The minimum atomic E-state index is -0.515. The zero-order chi connectivity index (χ0) is 38.8. The molecule has 0 bridgehead atoms. The summed E-state index contributed by atoms with van der Waals surface area (Å²) in [5.74, 6) is 5.97. The molecule has 4 amide bonds. The molecule has 0 aliphatic carbocycles. The minimum absolute atomic E-state index is 0.0138. The predicted molar refractivity (Wildman–Crippen MR) is 217 cm³/mol. The number of rotatable bonds is 6. The number of hydrogen-bond donors (Lipinski definition) is 2. The Morgan fingerprint density at radius 1 is 0.536 bits per heavy atom. The van der Waals surface area contributed by atoms with Gasteiger partial charge in [0.15, 0.2) is 0 Å². The highest BCUT2D eigenvalue weighted by Gasteiger charge is 2.42. The van der Waals surface area contributed by atoms with Crippen LogP contribution in [-0.2, 0) is 32.0 Å². The van der Waals surface area contributed by atoms with Gasteiger partial charge in [-0.15, -0.1) is 0 Å². The summed E-state index contributed by atoms with van der Waals surface area (Å²) in [5, 5.41) is 6.05. The van der Waals surface area contributed by atoms with Gasteiger partial charge in [-0.1, -0.05) is 60.4 Å². The van der Waals surface area contributed by atoms with Crippen LogP contribution in [0.15, 0.2) is 97.1 Å². The number of amides is 4. The van der Waals surface area contributed by atoms with Gasteiger partial charge in [-0.2, -0.15) is 0 Å². The molecule has 286 valence electrons. The van der Waals surface area contributed by atoms with Crippen molar-refractivity contribution in [3.05, 3.63) is 130 Å². The van der Waals surface area contributed by atoms with Crippen molar-refractivity contribution in [1.29, 1.82) is 0 Å². The molecule has 2 N–H and O–H groups in total. The third-order valence-electron chi connectivity index (χ3n) is 11.8. The van der Waals surface area contributed by atoms with Gasteiger partial charge in [0, 0.05) is 48.7 Å². The lowest BCUT2D eigenvalue weighted by molar-refractivity contribution is -0.141. The molecule has 4 aromatic rings. The molecule has 2 saturated heterocycles. The fourth-order valence-electron chi connectivity index (χ4n) is 8.82. The molecular weight excluding hydrogens is 701 g/mol. The molecule has 0 radical (unpaired) electrons. The molecule has 4 heterocycles. The van der Waals surface area contributed by atoms with E-state index in [2.05, 4.69) is 44.4 Å². The number of fused-ring (bicyclic) bond motifs is 2. The molecular formula is C46H48N6O4. The molecule has 4 atom stereocenters. The third-order valence-corrected chi connectivity index (χ3v) is 11.8. The van der Waals surface area contributed by atoms with Crippen molar-refractivity contribution in [3.63, 3.8) is 0 Å². The summed E-state index contributed by atoms with van der Waals surface area (Å²) in [6.45, 7) is 2.74. The fourth-order valence-corrected chi connectivity index (χ4v) is 8.82. The van der Waals surface area contributed by atoms with E-state index in [4.69, 9.17) is 0 Å². The monoisotopic (exact) mass is 748 g/mol. The molecule has 4 aliphatic rings. The maximum absolute atomic E-state index is 13.9. The summed E-state index contributed by atoms with van der Waals surface area (Å²) in [7, 11) is 3.96. The standard InChI is InChI=1S/C46H48N6O4/c1-49-29-25-33-9-3-5-11-37(33)41(49)45(55)51-27-7-13-39(51)43(53)47-35-21-17-31(18-22-35)15-16-32-19-23-36(24-20-32)48-44(54)40-14-8-28-52(40)46(56)42-38-12-6-4-10-34(38)26-30-50(42)2/h3-6,9-12,17-24,39-42H,7-8,13-14,25-30H2,1-2H3,(H,47,53)(H,48,54)/t39-,40-,41+,42+/m0/s1. The van der Waals surface area contributed by atoms with Crippen molar-refractivity contribution in [2.45, 2.75) is 62.7 Å². The number of hydrogen-bond acceptors (Lipinski definition) is 6. The quantitative estimate of drug-likeness (QED) is 0.256. The van der Waals surface area contributed by atoms with Gasteiger partial charge in [0.25, 0.3) is 0 Å². The molecule has 10 nitrogen and oxygen atoms in total. The molecule has 56 heavy (non-hydrogen) atoms. The largest absolute Gasteiger partial charge is 0.329 e. The Balaban J connectivity index is 0.856. The first-order valence-electron chi connectivity index (χ1n) is 19.8. The lowest BCUT2D eigenvalue weighted by atomic mass is 9.92. The summed E-state index contributed by atoms with van der Waals surface area (Å²) in [6, 6.07) is 29.2. The zero-order valence-corrected chi connectivity index (χ0v) is 32.0. The Morgan fingerprint density at radius 3 is 1.34 bits per heavy atom. The second-order valence-electron chi connectivity index (χ2n) is 15.4. The summed E-state index contributed by atoms with van der Waals surface area (Å²) in [5.41, 5.74) is 7.34. The Morgan fingerprint density at radius 2 is 0.929 bits per heavy atom. The highest BCUT2D eigenvalue weighted by Crippen LogP contribution is 2.34. The van der Waals surface area contributed by atoms with Crippen molar-refractivity contribution in [1.82, 2.24) is 19.6 Å². The summed E-state index contributed by atoms with van der Waals surface area (Å²) >= 11 is 0. The number of carbonyl (C=O) groups excluding carboxylic acids is 4. The second-order valence-corrected chi connectivity index (χ2v) is 15.4. The lowest BCUT2D eigenvalue weighted by Gasteiger charge is -2.37. The van der Waals surface area contributed by atoms with E-state index in [1.165, 1.54) is 11.1 Å². The van der Waals surface area contributed by atoms with Crippen LogP contribution < -0.4 is 10.6 Å². The highest BCUT2D eigenvalue weighted by atomic mass is 16.2. The van der Waals surface area contributed by atoms with E-state index in [-0.39, 0.29) is 35.7 Å². The van der Waals surface area contributed by atoms with Gasteiger partial charge in [-0.25, -0.2) is 0 Å². The van der Waals surface area contributed by atoms with E-state index in [1.54, 1.807) is 9.80 Å². The number of likely N-dealkylation sites (N-methyl/N-ethyl adjacent to an activating group) is 2. The lowest BCUT2D eigenvalue weighted by Crippen LogP contribution is -2.49. The topological polar surface area (TPSA) is 105 Å². The maximum Gasteiger partial charge on any atom is 0.247 e. The smallest absolute Gasteiger partial charge is 0.247 e. The maximum atomic E-state index is 13.9. The van der Waals surface area contributed by atoms with Crippen LogP contribution in [0.2, 0.25) is 0 Å². The fraction of sp³-hybridized carbons (Fsp3) is 0.348. The summed E-state index contributed by atoms with van der Waals surface area (Å²) < 4.78 is 0. The Bertz CT molecular complexity index is 2040. The van der Waals surface area contributed by atoms with Gasteiger partial charge >= 0.3 is 0 Å². The van der Waals surface area contributed by atoms with Crippen molar-refractivity contribution < 1.29 is 19.2 Å². The molecule has 4 aromatic carbocycles. The Hall–Kier alpha value is -5.76. The number of nitrogens with zero attached hydrogens (tertiary/aromatic N) is 4. The number of carbonyl (C=O) groups is 4. The van der Waals surface area contributed by atoms with E-state index in [0.717, 1.165) is 61.0 Å². The van der Waals surface area contributed by atoms with Crippen LogP contribution in [0.3, 0.4) is 0 Å². The van der Waals surface area contributed by atoms with Gasteiger partial charge in [0.1, 0.15) is 24.2 Å². The van der Waals surface area contributed by atoms with Crippen molar-refractivity contribution in [3.8, 4) is 11.8 Å². The van der Waals surface area contributed by atoms with Crippen LogP contribution in [0.25, 0.3) is 0 Å².